The van der Waals surface area contributed by atoms with Crippen LogP contribution >= 0.6 is 0 Å². The summed E-state index contributed by atoms with van der Waals surface area (Å²) in [4.78, 5) is 25.6. The smallest absolute Gasteiger partial charge is 0.319 e. The fraction of sp³-hybridized carbons (Fsp3) is 0.818. The highest BCUT2D eigenvalue weighted by atomic mass is 16.5. The second kappa shape index (κ2) is 6.44. The summed E-state index contributed by atoms with van der Waals surface area (Å²) in [5.74, 6) is -0.828. The minimum absolute atomic E-state index is 0.0504. The first-order chi connectivity index (χ1) is 8.00. The summed E-state index contributed by atoms with van der Waals surface area (Å²) >= 11 is 0. The van der Waals surface area contributed by atoms with Crippen molar-refractivity contribution in [2.24, 2.45) is 0 Å². The molecule has 0 spiro atoms. The van der Waals surface area contributed by atoms with Gasteiger partial charge in [0, 0.05) is 33.1 Å². The first-order valence-electron chi connectivity index (χ1n) is 5.84. The number of carboxylic acids is 1. The summed E-state index contributed by atoms with van der Waals surface area (Å²) in [5.41, 5.74) is 0. The number of nitrogens with zero attached hydrogens (tertiary/aromatic N) is 2. The van der Waals surface area contributed by atoms with Crippen LogP contribution in [-0.4, -0.2) is 66.3 Å². The largest absolute Gasteiger partial charge is 0.481 e. The second-order valence-electron chi connectivity index (χ2n) is 4.33. The van der Waals surface area contributed by atoms with Gasteiger partial charge in [0.05, 0.1) is 12.7 Å². The second-order valence-corrected chi connectivity index (χ2v) is 4.33. The molecule has 1 aliphatic rings. The van der Waals surface area contributed by atoms with E-state index >= 15 is 0 Å². The van der Waals surface area contributed by atoms with E-state index in [-0.39, 0.29) is 18.6 Å². The van der Waals surface area contributed by atoms with E-state index in [1.807, 2.05) is 6.92 Å². The minimum Gasteiger partial charge on any atom is -0.481 e. The van der Waals surface area contributed by atoms with Crippen molar-refractivity contribution in [2.75, 3.05) is 33.3 Å². The van der Waals surface area contributed by atoms with Crippen molar-refractivity contribution in [3.05, 3.63) is 0 Å². The SMILES string of the molecule is CC1CN(C(=O)N(C)CCCC(=O)O)CCO1. The average molecular weight is 244 g/mol. The molecule has 1 saturated heterocycles. The molecule has 0 aromatic heterocycles. The zero-order chi connectivity index (χ0) is 12.8. The molecule has 0 aromatic rings. The number of urea groups is 1. The average Bonchev–Trinajstić information content (AvgIpc) is 2.27. The van der Waals surface area contributed by atoms with Crippen molar-refractivity contribution < 1.29 is 19.4 Å². The van der Waals surface area contributed by atoms with E-state index in [1.165, 1.54) is 0 Å². The number of amides is 2. The van der Waals surface area contributed by atoms with Crippen LogP contribution in [0.2, 0.25) is 0 Å². The molecule has 0 saturated carbocycles. The molecule has 6 nitrogen and oxygen atoms in total. The van der Waals surface area contributed by atoms with Gasteiger partial charge in [-0.2, -0.15) is 0 Å². The summed E-state index contributed by atoms with van der Waals surface area (Å²) < 4.78 is 5.36. The third-order valence-corrected chi connectivity index (χ3v) is 2.72. The molecule has 1 aliphatic heterocycles. The Bertz CT molecular complexity index is 283. The maximum absolute atomic E-state index is 12.0. The highest BCUT2D eigenvalue weighted by molar-refractivity contribution is 5.74. The van der Waals surface area contributed by atoms with E-state index in [0.29, 0.717) is 32.7 Å². The first-order valence-corrected chi connectivity index (χ1v) is 5.84. The Morgan fingerprint density at radius 1 is 1.53 bits per heavy atom. The lowest BCUT2D eigenvalue weighted by atomic mass is 10.3. The third-order valence-electron chi connectivity index (χ3n) is 2.72. The Labute approximate surface area is 101 Å². The number of carbonyl (C=O) groups excluding carboxylic acids is 1. The molecule has 0 aromatic carbocycles. The molecule has 6 heteroatoms. The van der Waals surface area contributed by atoms with Gasteiger partial charge in [-0.3, -0.25) is 4.79 Å². The highest BCUT2D eigenvalue weighted by Crippen LogP contribution is 2.07. The zero-order valence-electron chi connectivity index (χ0n) is 10.4. The number of morpholine rings is 1. The Morgan fingerprint density at radius 3 is 2.82 bits per heavy atom. The monoisotopic (exact) mass is 244 g/mol. The highest BCUT2D eigenvalue weighted by Gasteiger charge is 2.23. The van der Waals surface area contributed by atoms with Gasteiger partial charge in [-0.15, -0.1) is 0 Å². The Kier molecular flexibility index (Phi) is 5.21. The zero-order valence-corrected chi connectivity index (χ0v) is 10.4. The summed E-state index contributed by atoms with van der Waals surface area (Å²) in [5, 5.41) is 8.52. The number of carboxylic acid groups (broad SMARTS) is 1. The molecule has 0 bridgehead atoms. The van der Waals surface area contributed by atoms with Gasteiger partial charge in [-0.1, -0.05) is 0 Å². The standard InChI is InChI=1S/C11H20N2O4/c1-9-8-13(6-7-17-9)11(16)12(2)5-3-4-10(14)15/h9H,3-8H2,1-2H3,(H,14,15). The maximum Gasteiger partial charge on any atom is 0.319 e. The Balaban J connectivity index is 2.32. The quantitative estimate of drug-likeness (QED) is 0.787. The predicted octanol–water partition coefficient (Wildman–Crippen LogP) is 0.624. The minimum atomic E-state index is -0.828. The van der Waals surface area contributed by atoms with Crippen LogP contribution in [-0.2, 0) is 9.53 Å². The van der Waals surface area contributed by atoms with E-state index in [2.05, 4.69) is 0 Å². The van der Waals surface area contributed by atoms with E-state index in [4.69, 9.17) is 9.84 Å². The molecule has 1 N–H and O–H groups in total. The fourth-order valence-electron chi connectivity index (χ4n) is 1.80. The van der Waals surface area contributed by atoms with Gasteiger partial charge in [-0.05, 0) is 13.3 Å². The van der Waals surface area contributed by atoms with Crippen LogP contribution in [0.15, 0.2) is 0 Å². The van der Waals surface area contributed by atoms with Crippen LogP contribution < -0.4 is 0 Å². The van der Waals surface area contributed by atoms with Gasteiger partial charge in [0.15, 0.2) is 0 Å². The van der Waals surface area contributed by atoms with Crippen molar-refractivity contribution >= 4 is 12.0 Å². The summed E-state index contributed by atoms with van der Waals surface area (Å²) in [6, 6.07) is -0.0504. The van der Waals surface area contributed by atoms with Crippen LogP contribution in [0.5, 0.6) is 0 Å². The number of rotatable bonds is 4. The number of carbonyl (C=O) groups is 2. The third kappa shape index (κ3) is 4.60. The van der Waals surface area contributed by atoms with Crippen molar-refractivity contribution in [1.29, 1.82) is 0 Å². The molecule has 0 aliphatic carbocycles. The van der Waals surface area contributed by atoms with E-state index < -0.39 is 5.97 Å². The van der Waals surface area contributed by atoms with Crippen LogP contribution in [0.25, 0.3) is 0 Å². The first kappa shape index (κ1) is 13.8. The molecule has 1 atom stereocenters. The van der Waals surface area contributed by atoms with Crippen molar-refractivity contribution in [1.82, 2.24) is 9.80 Å². The van der Waals surface area contributed by atoms with E-state index in [9.17, 15) is 9.59 Å². The van der Waals surface area contributed by atoms with E-state index in [0.717, 1.165) is 0 Å². The molecule has 1 heterocycles. The molecule has 17 heavy (non-hydrogen) atoms. The summed E-state index contributed by atoms with van der Waals surface area (Å²) in [7, 11) is 1.70. The van der Waals surface area contributed by atoms with Gasteiger partial charge in [-0.25, -0.2) is 4.79 Å². The van der Waals surface area contributed by atoms with Crippen LogP contribution in [0.3, 0.4) is 0 Å². The molecular weight excluding hydrogens is 224 g/mol. The number of aliphatic carboxylic acids is 1. The lowest BCUT2D eigenvalue weighted by Crippen LogP contribution is -2.49. The normalized spacial score (nSPS) is 20.1. The topological polar surface area (TPSA) is 70.1 Å². The maximum atomic E-state index is 12.0. The fourth-order valence-corrected chi connectivity index (χ4v) is 1.80. The molecule has 1 rings (SSSR count). The van der Waals surface area contributed by atoms with Gasteiger partial charge in [0.25, 0.3) is 0 Å². The predicted molar refractivity (Wildman–Crippen MR) is 61.9 cm³/mol. The molecular formula is C11H20N2O4. The Hall–Kier alpha value is -1.30. The van der Waals surface area contributed by atoms with Crippen molar-refractivity contribution in [3.63, 3.8) is 0 Å². The van der Waals surface area contributed by atoms with Crippen LogP contribution in [0.1, 0.15) is 19.8 Å². The Morgan fingerprint density at radius 2 is 2.24 bits per heavy atom. The molecule has 1 fully saturated rings. The van der Waals surface area contributed by atoms with Crippen molar-refractivity contribution in [2.45, 2.75) is 25.9 Å². The van der Waals surface area contributed by atoms with Gasteiger partial charge < -0.3 is 19.6 Å². The van der Waals surface area contributed by atoms with Gasteiger partial charge in [0.1, 0.15) is 0 Å². The molecule has 2 amide bonds. The van der Waals surface area contributed by atoms with E-state index in [1.54, 1.807) is 16.8 Å². The summed E-state index contributed by atoms with van der Waals surface area (Å²) in [6.45, 7) is 4.17. The van der Waals surface area contributed by atoms with Crippen molar-refractivity contribution in [3.8, 4) is 0 Å². The van der Waals surface area contributed by atoms with Crippen LogP contribution in [0, 0.1) is 0 Å². The molecule has 98 valence electrons. The lowest BCUT2D eigenvalue weighted by Gasteiger charge is -2.34. The molecule has 1 unspecified atom stereocenters. The number of hydrogen-bond donors (Lipinski definition) is 1. The summed E-state index contributed by atoms with van der Waals surface area (Å²) in [6.07, 6.45) is 0.648. The lowest BCUT2D eigenvalue weighted by molar-refractivity contribution is -0.137. The molecule has 0 radical (unpaired) electrons. The number of ether oxygens (including phenoxy) is 1. The number of hydrogen-bond acceptors (Lipinski definition) is 3. The van der Waals surface area contributed by atoms with Gasteiger partial charge in [0.2, 0.25) is 0 Å². The van der Waals surface area contributed by atoms with Crippen LogP contribution in [0.4, 0.5) is 4.79 Å². The van der Waals surface area contributed by atoms with Gasteiger partial charge >= 0.3 is 12.0 Å².